The molecule has 2 heterocycles. The molecule has 0 radical (unpaired) electrons. The number of hydrogen-bond donors (Lipinski definition) is 3. The SMILES string of the molecule is Nc1nccc(C(=O)Nc2n[nH]c3ccccc23)c1F. The Hall–Kier alpha value is -2.96. The van der Waals surface area contributed by atoms with Crippen LogP contribution in [0.15, 0.2) is 36.5 Å². The number of anilines is 2. The van der Waals surface area contributed by atoms with Crippen LogP contribution in [0.1, 0.15) is 10.4 Å². The van der Waals surface area contributed by atoms with Crippen molar-refractivity contribution in [2.45, 2.75) is 0 Å². The van der Waals surface area contributed by atoms with Gasteiger partial charge in [0.25, 0.3) is 5.91 Å². The Balaban J connectivity index is 1.95. The van der Waals surface area contributed by atoms with E-state index in [0.717, 1.165) is 10.9 Å². The van der Waals surface area contributed by atoms with E-state index >= 15 is 0 Å². The summed E-state index contributed by atoms with van der Waals surface area (Å²) in [5.41, 5.74) is 5.93. The maximum absolute atomic E-state index is 13.7. The smallest absolute Gasteiger partial charge is 0.260 e. The van der Waals surface area contributed by atoms with Gasteiger partial charge in [0, 0.05) is 11.6 Å². The van der Waals surface area contributed by atoms with Crippen LogP contribution in [0, 0.1) is 5.82 Å². The van der Waals surface area contributed by atoms with Crippen molar-refractivity contribution in [3.63, 3.8) is 0 Å². The fourth-order valence-electron chi connectivity index (χ4n) is 1.87. The molecule has 0 aliphatic carbocycles. The molecule has 6 nitrogen and oxygen atoms in total. The number of halogens is 1. The number of pyridine rings is 1. The second kappa shape index (κ2) is 4.61. The van der Waals surface area contributed by atoms with E-state index in [-0.39, 0.29) is 11.4 Å². The molecule has 1 aromatic carbocycles. The molecular weight excluding hydrogens is 261 g/mol. The number of aromatic amines is 1. The van der Waals surface area contributed by atoms with Crippen molar-refractivity contribution >= 4 is 28.4 Å². The predicted octanol–water partition coefficient (Wildman–Crippen LogP) is 1.93. The highest BCUT2D eigenvalue weighted by atomic mass is 19.1. The topological polar surface area (TPSA) is 96.7 Å². The second-order valence-electron chi connectivity index (χ2n) is 4.13. The van der Waals surface area contributed by atoms with Gasteiger partial charge in [0.15, 0.2) is 17.5 Å². The van der Waals surface area contributed by atoms with Gasteiger partial charge in [-0.1, -0.05) is 12.1 Å². The number of hydrogen-bond acceptors (Lipinski definition) is 4. The zero-order valence-electron chi connectivity index (χ0n) is 10.2. The number of nitrogens with zero attached hydrogens (tertiary/aromatic N) is 2. The molecule has 0 unspecified atom stereocenters. The first-order valence-corrected chi connectivity index (χ1v) is 5.81. The summed E-state index contributed by atoms with van der Waals surface area (Å²) in [5, 5.41) is 10.0. The number of aromatic nitrogens is 3. The fourth-order valence-corrected chi connectivity index (χ4v) is 1.87. The molecule has 0 aliphatic heterocycles. The third-order valence-electron chi connectivity index (χ3n) is 2.86. The minimum atomic E-state index is -0.843. The van der Waals surface area contributed by atoms with Crippen LogP contribution in [0.3, 0.4) is 0 Å². The average Bonchev–Trinajstić information content (AvgIpc) is 2.85. The molecule has 0 aliphatic rings. The third-order valence-corrected chi connectivity index (χ3v) is 2.86. The molecule has 1 amide bonds. The first-order valence-electron chi connectivity index (χ1n) is 5.81. The molecule has 3 rings (SSSR count). The van der Waals surface area contributed by atoms with Crippen LogP contribution in [0.25, 0.3) is 10.9 Å². The van der Waals surface area contributed by atoms with Crippen molar-refractivity contribution in [1.29, 1.82) is 0 Å². The highest BCUT2D eigenvalue weighted by Gasteiger charge is 2.16. The number of carbonyl (C=O) groups excluding carboxylic acids is 1. The van der Waals surface area contributed by atoms with E-state index < -0.39 is 11.7 Å². The third kappa shape index (κ3) is 1.95. The fraction of sp³-hybridized carbons (Fsp3) is 0. The van der Waals surface area contributed by atoms with Gasteiger partial charge in [0.2, 0.25) is 0 Å². The van der Waals surface area contributed by atoms with Crippen LogP contribution in [0.2, 0.25) is 0 Å². The van der Waals surface area contributed by atoms with Crippen LogP contribution in [0.5, 0.6) is 0 Å². The van der Waals surface area contributed by atoms with Crippen molar-refractivity contribution < 1.29 is 9.18 Å². The van der Waals surface area contributed by atoms with Gasteiger partial charge in [-0.2, -0.15) is 5.10 Å². The van der Waals surface area contributed by atoms with Crippen LogP contribution < -0.4 is 11.1 Å². The Bertz CT molecular complexity index is 798. The summed E-state index contributed by atoms with van der Waals surface area (Å²) in [5.74, 6) is -1.45. The maximum Gasteiger partial charge on any atom is 0.260 e. The summed E-state index contributed by atoms with van der Waals surface area (Å²) in [6.45, 7) is 0. The molecule has 100 valence electrons. The van der Waals surface area contributed by atoms with Crippen molar-refractivity contribution in [2.24, 2.45) is 0 Å². The zero-order chi connectivity index (χ0) is 14.1. The largest absolute Gasteiger partial charge is 0.381 e. The molecule has 0 saturated carbocycles. The first-order chi connectivity index (χ1) is 9.66. The minimum Gasteiger partial charge on any atom is -0.381 e. The molecule has 3 aromatic rings. The molecule has 0 spiro atoms. The lowest BCUT2D eigenvalue weighted by molar-refractivity contribution is 0.102. The Morgan fingerprint density at radius 2 is 2.10 bits per heavy atom. The molecule has 0 atom stereocenters. The molecule has 20 heavy (non-hydrogen) atoms. The summed E-state index contributed by atoms with van der Waals surface area (Å²) in [7, 11) is 0. The van der Waals surface area contributed by atoms with E-state index in [0.29, 0.717) is 5.82 Å². The maximum atomic E-state index is 13.7. The van der Waals surface area contributed by atoms with E-state index in [1.807, 2.05) is 18.2 Å². The van der Waals surface area contributed by atoms with Crippen LogP contribution in [0.4, 0.5) is 16.0 Å². The Kier molecular flexibility index (Phi) is 2.79. The highest BCUT2D eigenvalue weighted by Crippen LogP contribution is 2.21. The standard InChI is InChI=1S/C13H10FN5O/c14-10-8(5-6-16-11(10)15)13(20)17-12-7-3-1-2-4-9(7)18-19-12/h1-6H,(H2,15,16)(H2,17,18,19,20). The number of fused-ring (bicyclic) bond motifs is 1. The first kappa shape index (κ1) is 12.1. The number of carbonyl (C=O) groups is 1. The van der Waals surface area contributed by atoms with Gasteiger partial charge in [0.1, 0.15) is 0 Å². The summed E-state index contributed by atoms with van der Waals surface area (Å²) in [6.07, 6.45) is 1.27. The monoisotopic (exact) mass is 271 g/mol. The molecule has 7 heteroatoms. The number of nitrogen functional groups attached to an aromatic ring is 1. The number of rotatable bonds is 2. The normalized spacial score (nSPS) is 10.7. The molecule has 4 N–H and O–H groups in total. The summed E-state index contributed by atoms with van der Waals surface area (Å²) < 4.78 is 13.7. The van der Waals surface area contributed by atoms with Crippen molar-refractivity contribution in [3.05, 3.63) is 47.9 Å². The van der Waals surface area contributed by atoms with Gasteiger partial charge in [-0.25, -0.2) is 9.37 Å². The molecule has 0 saturated heterocycles. The van der Waals surface area contributed by atoms with Gasteiger partial charge in [-0.15, -0.1) is 0 Å². The number of benzene rings is 1. The number of para-hydroxylation sites is 1. The summed E-state index contributed by atoms with van der Waals surface area (Å²) >= 11 is 0. The minimum absolute atomic E-state index is 0.176. The van der Waals surface area contributed by atoms with Gasteiger partial charge in [0.05, 0.1) is 11.1 Å². The lowest BCUT2D eigenvalue weighted by Crippen LogP contribution is -2.15. The van der Waals surface area contributed by atoms with Gasteiger partial charge in [-0.3, -0.25) is 9.89 Å². The van der Waals surface area contributed by atoms with Crippen molar-refractivity contribution in [1.82, 2.24) is 15.2 Å². The molecule has 0 fully saturated rings. The van der Waals surface area contributed by atoms with Crippen LogP contribution in [-0.4, -0.2) is 21.1 Å². The van der Waals surface area contributed by atoms with E-state index in [2.05, 4.69) is 20.5 Å². The average molecular weight is 271 g/mol. The Morgan fingerprint density at radius 1 is 1.30 bits per heavy atom. The quantitative estimate of drug-likeness (QED) is 0.663. The van der Waals surface area contributed by atoms with Gasteiger partial charge < -0.3 is 11.1 Å². The predicted molar refractivity (Wildman–Crippen MR) is 72.7 cm³/mol. The van der Waals surface area contributed by atoms with Gasteiger partial charge in [-0.05, 0) is 18.2 Å². The van der Waals surface area contributed by atoms with Gasteiger partial charge >= 0.3 is 0 Å². The summed E-state index contributed by atoms with van der Waals surface area (Å²) in [4.78, 5) is 15.6. The lowest BCUT2D eigenvalue weighted by Gasteiger charge is -2.04. The van der Waals surface area contributed by atoms with Crippen molar-refractivity contribution in [3.8, 4) is 0 Å². The Morgan fingerprint density at radius 3 is 2.95 bits per heavy atom. The van der Waals surface area contributed by atoms with Crippen LogP contribution >= 0.6 is 0 Å². The van der Waals surface area contributed by atoms with Crippen LogP contribution in [-0.2, 0) is 0 Å². The Labute approximate surface area is 112 Å². The highest BCUT2D eigenvalue weighted by molar-refractivity contribution is 6.08. The molecular formula is C13H10FN5O. The lowest BCUT2D eigenvalue weighted by atomic mass is 10.2. The van der Waals surface area contributed by atoms with E-state index in [9.17, 15) is 9.18 Å². The number of nitrogens with one attached hydrogen (secondary N) is 2. The van der Waals surface area contributed by atoms with E-state index in [1.165, 1.54) is 12.3 Å². The second-order valence-corrected chi connectivity index (χ2v) is 4.13. The number of amides is 1. The van der Waals surface area contributed by atoms with E-state index in [4.69, 9.17) is 5.73 Å². The zero-order valence-corrected chi connectivity index (χ0v) is 10.2. The number of nitrogens with two attached hydrogens (primary N) is 1. The molecule has 0 bridgehead atoms. The number of H-pyrrole nitrogens is 1. The summed E-state index contributed by atoms with van der Waals surface area (Å²) in [6, 6.07) is 8.54. The molecule has 2 aromatic heterocycles. The van der Waals surface area contributed by atoms with E-state index in [1.54, 1.807) is 6.07 Å². The van der Waals surface area contributed by atoms with Crippen molar-refractivity contribution in [2.75, 3.05) is 11.1 Å².